The highest BCUT2D eigenvalue weighted by atomic mass is 79.9. The van der Waals surface area contributed by atoms with Gasteiger partial charge in [-0.15, -0.1) is 10.2 Å². The third-order valence-corrected chi connectivity index (χ3v) is 3.43. The molecule has 0 fully saturated rings. The average Bonchev–Trinajstić information content (AvgIpc) is 2.65. The van der Waals surface area contributed by atoms with E-state index in [4.69, 9.17) is 11.6 Å². The van der Waals surface area contributed by atoms with Gasteiger partial charge in [-0.2, -0.15) is 0 Å². The van der Waals surface area contributed by atoms with Crippen molar-refractivity contribution in [1.29, 1.82) is 0 Å². The Balaban J connectivity index is 2.35. The van der Waals surface area contributed by atoms with Crippen LogP contribution in [0.15, 0.2) is 18.2 Å². The van der Waals surface area contributed by atoms with Gasteiger partial charge in [0.05, 0.1) is 5.33 Å². The van der Waals surface area contributed by atoms with E-state index in [2.05, 4.69) is 26.1 Å². The first-order valence-corrected chi connectivity index (χ1v) is 6.49. The number of benzene rings is 1. The zero-order valence-electron chi connectivity index (χ0n) is 9.12. The molecule has 0 aliphatic rings. The minimum atomic E-state index is -0.319. The molecule has 0 aliphatic carbocycles. The van der Waals surface area contributed by atoms with Crippen LogP contribution in [0.4, 0.5) is 4.39 Å². The van der Waals surface area contributed by atoms with Gasteiger partial charge in [0.1, 0.15) is 17.5 Å². The van der Waals surface area contributed by atoms with Crippen molar-refractivity contribution in [3.8, 4) is 0 Å². The van der Waals surface area contributed by atoms with E-state index in [0.29, 0.717) is 28.2 Å². The Hall–Kier alpha value is -0.940. The largest absolute Gasteiger partial charge is 0.317 e. The summed E-state index contributed by atoms with van der Waals surface area (Å²) in [7, 11) is 1.85. The number of halogens is 3. The molecule has 1 aromatic carbocycles. The topological polar surface area (TPSA) is 30.7 Å². The number of aromatic nitrogens is 3. The van der Waals surface area contributed by atoms with Crippen LogP contribution in [0, 0.1) is 5.82 Å². The van der Waals surface area contributed by atoms with Gasteiger partial charge in [0.15, 0.2) is 0 Å². The molecule has 2 rings (SSSR count). The quantitative estimate of drug-likeness (QED) is 0.814. The molecule has 17 heavy (non-hydrogen) atoms. The Morgan fingerprint density at radius 3 is 2.65 bits per heavy atom. The number of nitrogens with zero attached hydrogens (tertiary/aromatic N) is 3. The minimum absolute atomic E-state index is 0.319. The van der Waals surface area contributed by atoms with Crippen LogP contribution >= 0.6 is 27.5 Å². The molecule has 0 saturated heterocycles. The van der Waals surface area contributed by atoms with Gasteiger partial charge in [-0.25, -0.2) is 4.39 Å². The maximum atomic E-state index is 13.6. The molecule has 6 heteroatoms. The normalized spacial score (nSPS) is 10.8. The SMILES string of the molecule is Cn1c(CBr)nnc1Cc1c(F)cccc1Cl. The molecular formula is C11H10BrClFN3. The summed E-state index contributed by atoms with van der Waals surface area (Å²) in [6, 6.07) is 4.65. The Morgan fingerprint density at radius 2 is 2.06 bits per heavy atom. The van der Waals surface area contributed by atoms with Crippen molar-refractivity contribution in [2.75, 3.05) is 0 Å². The van der Waals surface area contributed by atoms with Crippen LogP contribution in [0.3, 0.4) is 0 Å². The molecule has 0 radical (unpaired) electrons. The second kappa shape index (κ2) is 5.14. The predicted molar refractivity (Wildman–Crippen MR) is 67.9 cm³/mol. The van der Waals surface area contributed by atoms with Gasteiger partial charge in [0, 0.05) is 24.1 Å². The molecule has 2 aromatic rings. The lowest BCUT2D eigenvalue weighted by Gasteiger charge is -2.05. The molecule has 0 unspecified atom stereocenters. The summed E-state index contributed by atoms with van der Waals surface area (Å²) >= 11 is 9.28. The van der Waals surface area contributed by atoms with Gasteiger partial charge in [-0.1, -0.05) is 33.6 Å². The molecule has 0 saturated carbocycles. The molecule has 0 amide bonds. The first-order valence-electron chi connectivity index (χ1n) is 4.99. The molecule has 1 aromatic heterocycles. The van der Waals surface area contributed by atoms with Crippen molar-refractivity contribution >= 4 is 27.5 Å². The van der Waals surface area contributed by atoms with Gasteiger partial charge in [0.2, 0.25) is 0 Å². The molecule has 0 N–H and O–H groups in total. The fourth-order valence-electron chi connectivity index (χ4n) is 1.53. The van der Waals surface area contributed by atoms with Crippen molar-refractivity contribution in [1.82, 2.24) is 14.8 Å². The summed E-state index contributed by atoms with van der Waals surface area (Å²) < 4.78 is 15.4. The average molecular weight is 319 g/mol. The highest BCUT2D eigenvalue weighted by molar-refractivity contribution is 9.08. The van der Waals surface area contributed by atoms with Gasteiger partial charge >= 0.3 is 0 Å². The van der Waals surface area contributed by atoms with E-state index in [1.807, 2.05) is 11.6 Å². The van der Waals surface area contributed by atoms with Crippen molar-refractivity contribution in [3.05, 3.63) is 46.3 Å². The lowest BCUT2D eigenvalue weighted by molar-refractivity contribution is 0.610. The van der Waals surface area contributed by atoms with E-state index in [0.717, 1.165) is 5.82 Å². The van der Waals surface area contributed by atoms with Crippen LogP contribution in [0.1, 0.15) is 17.2 Å². The monoisotopic (exact) mass is 317 g/mol. The fourth-order valence-corrected chi connectivity index (χ4v) is 2.25. The number of rotatable bonds is 3. The molecule has 90 valence electrons. The van der Waals surface area contributed by atoms with Crippen LogP contribution in [0.25, 0.3) is 0 Å². The van der Waals surface area contributed by atoms with Crippen molar-refractivity contribution in [2.45, 2.75) is 11.8 Å². The van der Waals surface area contributed by atoms with Crippen molar-refractivity contribution in [3.63, 3.8) is 0 Å². The van der Waals surface area contributed by atoms with E-state index < -0.39 is 0 Å². The first-order chi connectivity index (χ1) is 8.13. The lowest BCUT2D eigenvalue weighted by Crippen LogP contribution is -2.03. The second-order valence-electron chi connectivity index (χ2n) is 3.60. The van der Waals surface area contributed by atoms with Crippen LogP contribution in [0.2, 0.25) is 5.02 Å². The van der Waals surface area contributed by atoms with Gasteiger partial charge < -0.3 is 4.57 Å². The van der Waals surface area contributed by atoms with Crippen LogP contribution in [0.5, 0.6) is 0 Å². The summed E-state index contributed by atoms with van der Waals surface area (Å²) in [6.45, 7) is 0. The second-order valence-corrected chi connectivity index (χ2v) is 4.57. The van der Waals surface area contributed by atoms with Gasteiger partial charge in [0.25, 0.3) is 0 Å². The summed E-state index contributed by atoms with van der Waals surface area (Å²) in [6.07, 6.45) is 0.335. The number of hydrogen-bond acceptors (Lipinski definition) is 2. The number of alkyl halides is 1. The van der Waals surface area contributed by atoms with Gasteiger partial charge in [-0.05, 0) is 12.1 Å². The summed E-state index contributed by atoms with van der Waals surface area (Å²) in [5, 5.41) is 9.04. The predicted octanol–water partition coefficient (Wildman–Crippen LogP) is 3.09. The fraction of sp³-hybridized carbons (Fsp3) is 0.273. The zero-order valence-corrected chi connectivity index (χ0v) is 11.5. The third kappa shape index (κ3) is 2.50. The highest BCUT2D eigenvalue weighted by Gasteiger charge is 2.13. The lowest BCUT2D eigenvalue weighted by atomic mass is 10.1. The Bertz CT molecular complexity index is 521. The van der Waals surface area contributed by atoms with E-state index >= 15 is 0 Å². The smallest absolute Gasteiger partial charge is 0.143 e. The molecule has 0 spiro atoms. The standard InChI is InChI=1S/C11H10BrClFN3/c1-17-10(15-16-11(17)6-12)5-7-8(13)3-2-4-9(7)14/h2-4H,5-6H2,1H3. The maximum Gasteiger partial charge on any atom is 0.143 e. The summed E-state index contributed by atoms with van der Waals surface area (Å²) in [5.74, 6) is 1.17. The van der Waals surface area contributed by atoms with E-state index in [1.165, 1.54) is 6.07 Å². The van der Waals surface area contributed by atoms with E-state index in [-0.39, 0.29) is 5.82 Å². The van der Waals surface area contributed by atoms with Crippen LogP contribution in [-0.2, 0) is 18.8 Å². The molecule has 1 heterocycles. The van der Waals surface area contributed by atoms with Crippen LogP contribution in [-0.4, -0.2) is 14.8 Å². The first kappa shape index (κ1) is 12.5. The van der Waals surface area contributed by atoms with Gasteiger partial charge in [-0.3, -0.25) is 0 Å². The Morgan fingerprint density at radius 1 is 1.35 bits per heavy atom. The van der Waals surface area contributed by atoms with E-state index in [1.54, 1.807) is 12.1 Å². The zero-order chi connectivity index (χ0) is 12.4. The molecular weight excluding hydrogens is 308 g/mol. The molecule has 0 aliphatic heterocycles. The van der Waals surface area contributed by atoms with Crippen molar-refractivity contribution < 1.29 is 4.39 Å². The number of hydrogen-bond donors (Lipinski definition) is 0. The van der Waals surface area contributed by atoms with Crippen molar-refractivity contribution in [2.24, 2.45) is 7.05 Å². The van der Waals surface area contributed by atoms with E-state index in [9.17, 15) is 4.39 Å². The minimum Gasteiger partial charge on any atom is -0.317 e. The van der Waals surface area contributed by atoms with Crippen LogP contribution < -0.4 is 0 Å². The summed E-state index contributed by atoms with van der Waals surface area (Å²) in [4.78, 5) is 0. The molecule has 0 atom stereocenters. The summed E-state index contributed by atoms with van der Waals surface area (Å²) in [5.41, 5.74) is 0.450. The maximum absolute atomic E-state index is 13.6. The Labute approximate surface area is 112 Å². The molecule has 3 nitrogen and oxygen atoms in total. The Kier molecular flexibility index (Phi) is 3.79. The molecule has 0 bridgehead atoms. The highest BCUT2D eigenvalue weighted by Crippen LogP contribution is 2.21. The third-order valence-electron chi connectivity index (χ3n) is 2.57.